The van der Waals surface area contributed by atoms with Crippen molar-refractivity contribution in [3.05, 3.63) is 39.4 Å². The first-order valence-electron chi connectivity index (χ1n) is 3.76. The number of nitrogens with zero attached hydrogens (tertiary/aromatic N) is 1. The Bertz CT molecular complexity index is 410. The summed E-state index contributed by atoms with van der Waals surface area (Å²) in [5.41, 5.74) is -1.44. The molecular formula is C8H5F2NO4. The third-order valence-corrected chi connectivity index (χ3v) is 1.61. The van der Waals surface area contributed by atoms with E-state index >= 15 is 0 Å². The molecule has 7 heteroatoms. The Hall–Kier alpha value is -2.05. The Morgan fingerprint density at radius 2 is 1.87 bits per heavy atom. The summed E-state index contributed by atoms with van der Waals surface area (Å²) < 4.78 is 25.9. The first-order chi connectivity index (χ1) is 6.91. The fourth-order valence-corrected chi connectivity index (χ4v) is 1.07. The van der Waals surface area contributed by atoms with Crippen LogP contribution in [0.4, 0.5) is 14.5 Å². The van der Waals surface area contributed by atoms with Gasteiger partial charge in [0, 0.05) is 0 Å². The van der Waals surface area contributed by atoms with Crippen molar-refractivity contribution in [3.63, 3.8) is 0 Å². The average Bonchev–Trinajstić information content (AvgIpc) is 1.99. The fraction of sp³-hybridized carbons (Fsp3) is 0.125. The van der Waals surface area contributed by atoms with Crippen LogP contribution in [-0.2, 0) is 11.2 Å². The molecule has 1 rings (SSSR count). The number of hydrogen-bond donors (Lipinski definition) is 1. The highest BCUT2D eigenvalue weighted by molar-refractivity contribution is 5.70. The van der Waals surface area contributed by atoms with Gasteiger partial charge in [-0.05, 0) is 17.7 Å². The van der Waals surface area contributed by atoms with E-state index in [1.807, 2.05) is 0 Å². The monoisotopic (exact) mass is 217 g/mol. The molecule has 15 heavy (non-hydrogen) atoms. The minimum atomic E-state index is -1.38. The molecule has 1 aromatic rings. The number of halogens is 2. The lowest BCUT2D eigenvalue weighted by atomic mass is 10.1. The molecule has 0 aliphatic heterocycles. The number of nitro groups is 1. The van der Waals surface area contributed by atoms with Crippen molar-refractivity contribution in [1.29, 1.82) is 0 Å². The molecule has 0 aromatic heterocycles. The number of carbonyl (C=O) groups is 1. The van der Waals surface area contributed by atoms with Gasteiger partial charge in [-0.3, -0.25) is 14.9 Å². The largest absolute Gasteiger partial charge is 0.481 e. The summed E-state index contributed by atoms with van der Waals surface area (Å²) in [5.74, 6) is -4.03. The summed E-state index contributed by atoms with van der Waals surface area (Å²) in [4.78, 5) is 19.2. The number of carboxylic acid groups (broad SMARTS) is 1. The van der Waals surface area contributed by atoms with Crippen LogP contribution in [0.3, 0.4) is 0 Å². The average molecular weight is 217 g/mol. The van der Waals surface area contributed by atoms with E-state index in [1.54, 1.807) is 0 Å². The second-order valence-corrected chi connectivity index (χ2v) is 2.74. The number of rotatable bonds is 3. The maximum absolute atomic E-state index is 12.9. The lowest BCUT2D eigenvalue weighted by Crippen LogP contribution is -2.03. The van der Waals surface area contributed by atoms with Crippen molar-refractivity contribution < 1.29 is 23.6 Å². The summed E-state index contributed by atoms with van der Waals surface area (Å²) >= 11 is 0. The Labute approximate surface area is 82.1 Å². The Balaban J connectivity index is 3.19. The molecule has 0 radical (unpaired) electrons. The first kappa shape index (κ1) is 11.0. The predicted molar refractivity (Wildman–Crippen MR) is 44.4 cm³/mol. The summed E-state index contributed by atoms with van der Waals surface area (Å²) in [6.07, 6.45) is -0.591. The molecule has 0 atom stereocenters. The molecule has 0 spiro atoms. The normalized spacial score (nSPS) is 10.0. The van der Waals surface area contributed by atoms with Crippen LogP contribution in [0.25, 0.3) is 0 Å². The van der Waals surface area contributed by atoms with Crippen molar-refractivity contribution in [2.75, 3.05) is 0 Å². The number of carboxylic acids is 1. The van der Waals surface area contributed by atoms with Gasteiger partial charge in [-0.1, -0.05) is 0 Å². The molecule has 0 saturated carbocycles. The topological polar surface area (TPSA) is 80.4 Å². The smallest absolute Gasteiger partial charge is 0.340 e. The summed E-state index contributed by atoms with van der Waals surface area (Å²) in [6.45, 7) is 0. The quantitative estimate of drug-likeness (QED) is 0.614. The Morgan fingerprint density at radius 1 is 1.40 bits per heavy atom. The highest BCUT2D eigenvalue weighted by Gasteiger charge is 2.22. The zero-order valence-electron chi connectivity index (χ0n) is 7.24. The van der Waals surface area contributed by atoms with Crippen molar-refractivity contribution in [3.8, 4) is 0 Å². The summed E-state index contributed by atoms with van der Waals surface area (Å²) in [5, 5.41) is 18.5. The van der Waals surface area contributed by atoms with Gasteiger partial charge >= 0.3 is 11.7 Å². The van der Waals surface area contributed by atoms with Gasteiger partial charge in [0.05, 0.1) is 11.3 Å². The number of benzene rings is 1. The molecule has 0 bridgehead atoms. The molecule has 0 fully saturated rings. The molecule has 0 unspecified atom stereocenters. The molecule has 80 valence electrons. The van der Waals surface area contributed by atoms with Crippen molar-refractivity contribution >= 4 is 11.7 Å². The standard InChI is InChI=1S/C8H5F2NO4/c9-5-1-4(3-7(12)13)2-6(10)8(5)11(14)15/h1-2H,3H2,(H,12,13). The van der Waals surface area contributed by atoms with Crippen LogP contribution in [0.2, 0.25) is 0 Å². The lowest BCUT2D eigenvalue weighted by Gasteiger charge is -1.99. The molecule has 0 aliphatic carbocycles. The van der Waals surface area contributed by atoms with Gasteiger partial charge in [0.1, 0.15) is 0 Å². The number of nitro benzene ring substituents is 1. The van der Waals surface area contributed by atoms with E-state index in [1.165, 1.54) is 0 Å². The lowest BCUT2D eigenvalue weighted by molar-refractivity contribution is -0.390. The second kappa shape index (κ2) is 3.99. The van der Waals surface area contributed by atoms with Crippen molar-refractivity contribution in [2.45, 2.75) is 6.42 Å². The zero-order valence-corrected chi connectivity index (χ0v) is 7.24. The minimum absolute atomic E-state index is 0.164. The highest BCUT2D eigenvalue weighted by Crippen LogP contribution is 2.22. The maximum Gasteiger partial charge on any atom is 0.340 e. The number of aliphatic carboxylic acids is 1. The molecule has 1 N–H and O–H groups in total. The Kier molecular flexibility index (Phi) is 2.93. The van der Waals surface area contributed by atoms with Gasteiger partial charge in [-0.25, -0.2) is 0 Å². The predicted octanol–water partition coefficient (Wildman–Crippen LogP) is 1.50. The van der Waals surface area contributed by atoms with Crippen LogP contribution in [-0.4, -0.2) is 16.0 Å². The molecule has 0 amide bonds. The van der Waals surface area contributed by atoms with Crippen LogP contribution in [0.15, 0.2) is 12.1 Å². The van der Waals surface area contributed by atoms with Gasteiger partial charge < -0.3 is 5.11 Å². The molecule has 0 aliphatic rings. The van der Waals surface area contributed by atoms with E-state index in [9.17, 15) is 23.7 Å². The number of hydrogen-bond acceptors (Lipinski definition) is 3. The SMILES string of the molecule is O=C(O)Cc1cc(F)c([N+](=O)[O-])c(F)c1. The van der Waals surface area contributed by atoms with Crippen LogP contribution in [0, 0.1) is 21.7 Å². The molecule has 1 aromatic carbocycles. The minimum Gasteiger partial charge on any atom is -0.481 e. The van der Waals surface area contributed by atoms with Crippen LogP contribution in [0.1, 0.15) is 5.56 Å². The molecular weight excluding hydrogens is 212 g/mol. The van der Waals surface area contributed by atoms with Gasteiger partial charge in [-0.2, -0.15) is 8.78 Å². The van der Waals surface area contributed by atoms with Crippen molar-refractivity contribution in [2.24, 2.45) is 0 Å². The van der Waals surface area contributed by atoms with E-state index in [4.69, 9.17) is 5.11 Å². The van der Waals surface area contributed by atoms with E-state index in [0.717, 1.165) is 0 Å². The van der Waals surface area contributed by atoms with E-state index in [-0.39, 0.29) is 5.56 Å². The third kappa shape index (κ3) is 2.46. The van der Waals surface area contributed by atoms with Crippen molar-refractivity contribution in [1.82, 2.24) is 0 Å². The second-order valence-electron chi connectivity index (χ2n) is 2.74. The summed E-state index contributed by atoms with van der Waals surface area (Å²) in [6, 6.07) is 1.27. The third-order valence-electron chi connectivity index (χ3n) is 1.61. The maximum atomic E-state index is 12.9. The van der Waals surface area contributed by atoms with Gasteiger partial charge in [-0.15, -0.1) is 0 Å². The van der Waals surface area contributed by atoms with Crippen LogP contribution < -0.4 is 0 Å². The molecule has 0 saturated heterocycles. The summed E-state index contributed by atoms with van der Waals surface area (Å²) in [7, 11) is 0. The molecule has 5 nitrogen and oxygen atoms in total. The fourth-order valence-electron chi connectivity index (χ4n) is 1.07. The first-order valence-corrected chi connectivity index (χ1v) is 3.76. The molecule has 0 heterocycles. The van der Waals surface area contributed by atoms with Gasteiger partial charge in [0.15, 0.2) is 0 Å². The van der Waals surface area contributed by atoms with Crippen LogP contribution in [0.5, 0.6) is 0 Å². The van der Waals surface area contributed by atoms with Gasteiger partial charge in [0.2, 0.25) is 11.6 Å². The Morgan fingerprint density at radius 3 is 2.20 bits per heavy atom. The highest BCUT2D eigenvalue weighted by atomic mass is 19.1. The zero-order chi connectivity index (χ0) is 11.6. The van der Waals surface area contributed by atoms with Crippen LogP contribution >= 0.6 is 0 Å². The van der Waals surface area contributed by atoms with E-state index in [2.05, 4.69) is 0 Å². The van der Waals surface area contributed by atoms with Gasteiger partial charge in [0.25, 0.3) is 0 Å². The van der Waals surface area contributed by atoms with E-state index < -0.39 is 34.6 Å². The van der Waals surface area contributed by atoms with E-state index in [0.29, 0.717) is 12.1 Å².